The number of unbranched alkanes of at least 4 members (excludes halogenated alkanes) is 1. The molecule has 108 valence electrons. The number of ether oxygens (including phenoxy) is 1. The Morgan fingerprint density at radius 3 is 3.10 bits per heavy atom. The van der Waals surface area contributed by atoms with Crippen molar-refractivity contribution in [2.75, 3.05) is 11.9 Å². The lowest BCUT2D eigenvalue weighted by molar-refractivity contribution is -0.116. The molecule has 0 spiro atoms. The molecule has 1 N–H and O–H groups in total. The predicted octanol–water partition coefficient (Wildman–Crippen LogP) is 2.60. The first kappa shape index (κ1) is 14.9. The molecule has 1 heterocycles. The minimum Gasteiger partial charge on any atom is -0.494 e. The fourth-order valence-electron chi connectivity index (χ4n) is 1.64. The zero-order valence-electron chi connectivity index (χ0n) is 11.3. The van der Waals surface area contributed by atoms with Crippen LogP contribution in [0.15, 0.2) is 29.8 Å². The van der Waals surface area contributed by atoms with Gasteiger partial charge in [0.05, 0.1) is 18.2 Å². The van der Waals surface area contributed by atoms with E-state index in [1.807, 2.05) is 6.07 Å². The van der Waals surface area contributed by atoms with Crippen molar-refractivity contribution < 1.29 is 9.53 Å². The number of hydrogen-bond donors (Lipinski definition) is 1. The second-order valence-electron chi connectivity index (χ2n) is 4.24. The number of benzene rings is 1. The van der Waals surface area contributed by atoms with Gasteiger partial charge in [-0.05, 0) is 31.0 Å². The largest absolute Gasteiger partial charge is 0.494 e. The molecule has 0 fully saturated rings. The van der Waals surface area contributed by atoms with Gasteiger partial charge in [-0.15, -0.1) is 10.2 Å². The first-order valence-corrected chi connectivity index (χ1v) is 7.35. The maximum atomic E-state index is 11.6. The number of nitrogens with zero attached hydrogens (tertiary/aromatic N) is 3. The fourth-order valence-corrected chi connectivity index (χ4v) is 2.10. The Bertz CT molecular complexity index is 622. The monoisotopic (exact) mass is 302 g/mol. The number of hydrogen-bond acceptors (Lipinski definition) is 6. The molecule has 1 aromatic heterocycles. The Kier molecular flexibility index (Phi) is 5.67. The summed E-state index contributed by atoms with van der Waals surface area (Å²) in [5.74, 6) is 0.602. The summed E-state index contributed by atoms with van der Waals surface area (Å²) in [4.78, 5) is 11.6. The van der Waals surface area contributed by atoms with Gasteiger partial charge >= 0.3 is 0 Å². The summed E-state index contributed by atoms with van der Waals surface area (Å²) in [5, 5.41) is 19.4. The van der Waals surface area contributed by atoms with E-state index in [2.05, 4.69) is 21.6 Å². The van der Waals surface area contributed by atoms with Gasteiger partial charge in [0, 0.05) is 6.42 Å². The molecule has 2 aromatic rings. The van der Waals surface area contributed by atoms with Crippen molar-refractivity contribution in [2.24, 2.45) is 0 Å². The summed E-state index contributed by atoms with van der Waals surface area (Å²) >= 11 is 1.29. The zero-order chi connectivity index (χ0) is 14.9. The quantitative estimate of drug-likeness (QED) is 0.794. The van der Waals surface area contributed by atoms with Crippen molar-refractivity contribution in [1.82, 2.24) is 10.2 Å². The van der Waals surface area contributed by atoms with Gasteiger partial charge in [-0.2, -0.15) is 5.26 Å². The van der Waals surface area contributed by atoms with Gasteiger partial charge in [-0.1, -0.05) is 17.4 Å². The summed E-state index contributed by atoms with van der Waals surface area (Å²) in [6.07, 6.45) is 1.91. The number of anilines is 1. The summed E-state index contributed by atoms with van der Waals surface area (Å²) in [7, 11) is 0. The smallest absolute Gasteiger partial charge is 0.226 e. The molecular formula is C14H14N4O2S. The van der Waals surface area contributed by atoms with E-state index >= 15 is 0 Å². The average molecular weight is 302 g/mol. The molecule has 0 radical (unpaired) electrons. The topological polar surface area (TPSA) is 87.9 Å². The van der Waals surface area contributed by atoms with Crippen LogP contribution in [0.25, 0.3) is 0 Å². The van der Waals surface area contributed by atoms with Crippen LogP contribution in [0.1, 0.15) is 24.8 Å². The molecule has 0 aliphatic rings. The number of rotatable bonds is 7. The van der Waals surface area contributed by atoms with Gasteiger partial charge in [0.15, 0.2) is 0 Å². The van der Waals surface area contributed by atoms with Crippen LogP contribution in [-0.4, -0.2) is 22.7 Å². The van der Waals surface area contributed by atoms with Crippen LogP contribution in [0.5, 0.6) is 5.75 Å². The third kappa shape index (κ3) is 5.20. The highest BCUT2D eigenvalue weighted by Crippen LogP contribution is 2.13. The normalized spacial score (nSPS) is 9.86. The van der Waals surface area contributed by atoms with E-state index in [9.17, 15) is 4.79 Å². The maximum Gasteiger partial charge on any atom is 0.226 e. The first-order chi connectivity index (χ1) is 10.3. The molecule has 0 unspecified atom stereocenters. The summed E-state index contributed by atoms with van der Waals surface area (Å²) in [6.45, 7) is 0.515. The minimum atomic E-state index is -0.0711. The van der Waals surface area contributed by atoms with E-state index in [4.69, 9.17) is 10.00 Å². The molecule has 2 rings (SSSR count). The van der Waals surface area contributed by atoms with Crippen molar-refractivity contribution in [1.29, 1.82) is 5.26 Å². The fraction of sp³-hybridized carbons (Fsp3) is 0.286. The molecular weight excluding hydrogens is 288 g/mol. The highest BCUT2D eigenvalue weighted by molar-refractivity contribution is 7.13. The summed E-state index contributed by atoms with van der Waals surface area (Å²) in [6, 6.07) is 9.07. The van der Waals surface area contributed by atoms with E-state index in [1.54, 1.807) is 23.7 Å². The first-order valence-electron chi connectivity index (χ1n) is 6.47. The van der Waals surface area contributed by atoms with Gasteiger partial charge in [-0.3, -0.25) is 4.79 Å². The highest BCUT2D eigenvalue weighted by atomic mass is 32.1. The second-order valence-corrected chi connectivity index (χ2v) is 5.07. The molecule has 7 heteroatoms. The van der Waals surface area contributed by atoms with Crippen molar-refractivity contribution in [2.45, 2.75) is 19.3 Å². The van der Waals surface area contributed by atoms with E-state index in [-0.39, 0.29) is 5.91 Å². The number of amides is 1. The van der Waals surface area contributed by atoms with Gasteiger partial charge in [0.2, 0.25) is 11.0 Å². The minimum absolute atomic E-state index is 0.0711. The van der Waals surface area contributed by atoms with Crippen LogP contribution in [0, 0.1) is 11.3 Å². The molecule has 1 aromatic carbocycles. The molecule has 0 atom stereocenters. The number of nitrogens with one attached hydrogen (secondary N) is 1. The van der Waals surface area contributed by atoms with Gasteiger partial charge in [0.25, 0.3) is 0 Å². The Morgan fingerprint density at radius 1 is 1.43 bits per heavy atom. The van der Waals surface area contributed by atoms with Crippen LogP contribution in [0.2, 0.25) is 0 Å². The molecule has 6 nitrogen and oxygen atoms in total. The molecule has 0 aliphatic carbocycles. The number of carbonyl (C=O) groups excluding carboxylic acids is 1. The molecule has 0 bridgehead atoms. The van der Waals surface area contributed by atoms with E-state index in [0.29, 0.717) is 29.5 Å². The van der Waals surface area contributed by atoms with Gasteiger partial charge < -0.3 is 10.1 Å². The Labute approximate surface area is 126 Å². The van der Waals surface area contributed by atoms with Crippen LogP contribution >= 0.6 is 11.3 Å². The predicted molar refractivity (Wildman–Crippen MR) is 79.0 cm³/mol. The number of carbonyl (C=O) groups is 1. The van der Waals surface area contributed by atoms with Crippen LogP contribution < -0.4 is 10.1 Å². The maximum absolute atomic E-state index is 11.6. The highest BCUT2D eigenvalue weighted by Gasteiger charge is 2.04. The summed E-state index contributed by atoms with van der Waals surface area (Å²) in [5.41, 5.74) is 2.14. The Balaban J connectivity index is 1.61. The SMILES string of the molecule is N#Cc1cccc(OCCCCC(=O)Nc2nncs2)c1. The Hall–Kier alpha value is -2.46. The third-order valence-electron chi connectivity index (χ3n) is 2.64. The lowest BCUT2D eigenvalue weighted by Gasteiger charge is -2.06. The molecule has 0 saturated heterocycles. The van der Waals surface area contributed by atoms with E-state index in [1.165, 1.54) is 11.3 Å². The molecule has 21 heavy (non-hydrogen) atoms. The lowest BCUT2D eigenvalue weighted by Crippen LogP contribution is -2.11. The standard InChI is InChI=1S/C14H14N4O2S/c15-9-11-4-3-5-12(8-11)20-7-2-1-6-13(19)17-14-18-16-10-21-14/h3-5,8,10H,1-2,6-7H2,(H,17,18,19). The molecule has 0 aliphatic heterocycles. The number of aromatic nitrogens is 2. The van der Waals surface area contributed by atoms with Crippen molar-refractivity contribution in [3.05, 3.63) is 35.3 Å². The van der Waals surface area contributed by atoms with Crippen molar-refractivity contribution in [3.63, 3.8) is 0 Å². The van der Waals surface area contributed by atoms with Gasteiger partial charge in [0.1, 0.15) is 11.3 Å². The van der Waals surface area contributed by atoms with Crippen molar-refractivity contribution >= 4 is 22.4 Å². The van der Waals surface area contributed by atoms with Crippen molar-refractivity contribution in [3.8, 4) is 11.8 Å². The Morgan fingerprint density at radius 2 is 2.33 bits per heavy atom. The van der Waals surface area contributed by atoms with E-state index in [0.717, 1.165) is 12.8 Å². The zero-order valence-corrected chi connectivity index (χ0v) is 12.1. The lowest BCUT2D eigenvalue weighted by atomic mass is 10.2. The van der Waals surface area contributed by atoms with E-state index < -0.39 is 0 Å². The molecule has 1 amide bonds. The van der Waals surface area contributed by atoms with Crippen LogP contribution in [-0.2, 0) is 4.79 Å². The third-order valence-corrected chi connectivity index (χ3v) is 3.24. The summed E-state index contributed by atoms with van der Waals surface area (Å²) < 4.78 is 5.53. The molecule has 0 saturated carbocycles. The second kappa shape index (κ2) is 7.97. The average Bonchev–Trinajstić information content (AvgIpc) is 3.00. The van der Waals surface area contributed by atoms with Gasteiger partial charge in [-0.25, -0.2) is 0 Å². The van der Waals surface area contributed by atoms with Crippen LogP contribution in [0.3, 0.4) is 0 Å². The number of nitriles is 1. The van der Waals surface area contributed by atoms with Crippen LogP contribution in [0.4, 0.5) is 5.13 Å².